The Morgan fingerprint density at radius 1 is 1.45 bits per heavy atom. The molecule has 2 rings (SSSR count). The second kappa shape index (κ2) is 6.03. The highest BCUT2D eigenvalue weighted by atomic mass is 35.5. The SMILES string of the molecule is Cc1[nH]nc(S(=O)(=O)N(C)Cc2ccc(Cl)s2)c1CCl. The zero-order chi connectivity index (χ0) is 14.9. The summed E-state index contributed by atoms with van der Waals surface area (Å²) in [6, 6.07) is 3.54. The minimum atomic E-state index is -3.68. The number of halogens is 2. The molecule has 0 aliphatic rings. The molecule has 0 aliphatic carbocycles. The fraction of sp³-hybridized carbons (Fsp3) is 0.364. The molecule has 9 heteroatoms. The molecular formula is C11H13Cl2N3O2S2. The zero-order valence-corrected chi connectivity index (χ0v) is 14.0. The average Bonchev–Trinajstić information content (AvgIpc) is 2.95. The van der Waals surface area contributed by atoms with Crippen LogP contribution in [0, 0.1) is 6.92 Å². The van der Waals surface area contributed by atoms with E-state index in [1.165, 1.54) is 22.7 Å². The number of aromatic amines is 1. The molecule has 0 bridgehead atoms. The first kappa shape index (κ1) is 15.8. The van der Waals surface area contributed by atoms with Crippen molar-refractivity contribution in [1.82, 2.24) is 14.5 Å². The summed E-state index contributed by atoms with van der Waals surface area (Å²) in [5, 5.41) is 6.50. The van der Waals surface area contributed by atoms with Gasteiger partial charge in [0.2, 0.25) is 0 Å². The molecule has 2 heterocycles. The number of nitrogens with zero attached hydrogens (tertiary/aromatic N) is 2. The van der Waals surface area contributed by atoms with E-state index in [4.69, 9.17) is 23.2 Å². The summed E-state index contributed by atoms with van der Waals surface area (Å²) in [7, 11) is -2.17. The van der Waals surface area contributed by atoms with Gasteiger partial charge in [-0.25, -0.2) is 8.42 Å². The first-order valence-electron chi connectivity index (χ1n) is 5.66. The second-order valence-corrected chi connectivity index (χ2v) is 8.26. The minimum absolute atomic E-state index is 0.0184. The molecule has 0 saturated heterocycles. The summed E-state index contributed by atoms with van der Waals surface area (Å²) in [6.07, 6.45) is 0. The van der Waals surface area contributed by atoms with Crippen LogP contribution in [0.4, 0.5) is 0 Å². The molecular weight excluding hydrogens is 341 g/mol. The van der Waals surface area contributed by atoms with Gasteiger partial charge >= 0.3 is 0 Å². The van der Waals surface area contributed by atoms with Crippen LogP contribution in [0.5, 0.6) is 0 Å². The van der Waals surface area contributed by atoms with Crippen molar-refractivity contribution in [2.24, 2.45) is 0 Å². The van der Waals surface area contributed by atoms with Crippen LogP contribution in [-0.4, -0.2) is 30.0 Å². The molecule has 110 valence electrons. The van der Waals surface area contributed by atoms with E-state index in [0.717, 1.165) is 4.88 Å². The molecule has 1 N–H and O–H groups in total. The molecule has 0 amide bonds. The normalized spacial score (nSPS) is 12.2. The van der Waals surface area contributed by atoms with Gasteiger partial charge in [-0.05, 0) is 19.1 Å². The fourth-order valence-electron chi connectivity index (χ4n) is 1.69. The largest absolute Gasteiger partial charge is 0.281 e. The smallest absolute Gasteiger partial charge is 0.262 e. The van der Waals surface area contributed by atoms with Crippen molar-refractivity contribution in [1.29, 1.82) is 0 Å². The first-order chi connectivity index (χ1) is 9.36. The third-order valence-corrected chi connectivity index (χ3v) is 6.09. The predicted molar refractivity (Wildman–Crippen MR) is 80.9 cm³/mol. The Bertz CT molecular complexity index is 709. The van der Waals surface area contributed by atoms with Gasteiger partial charge in [0.1, 0.15) is 0 Å². The molecule has 5 nitrogen and oxygen atoms in total. The van der Waals surface area contributed by atoms with Crippen molar-refractivity contribution in [3.63, 3.8) is 0 Å². The number of hydrogen-bond acceptors (Lipinski definition) is 4. The summed E-state index contributed by atoms with van der Waals surface area (Å²) < 4.78 is 26.9. The van der Waals surface area contributed by atoms with Gasteiger partial charge in [0.25, 0.3) is 10.0 Å². The van der Waals surface area contributed by atoms with E-state index in [1.54, 1.807) is 19.1 Å². The molecule has 0 fully saturated rings. The summed E-state index contributed by atoms with van der Waals surface area (Å²) in [4.78, 5) is 0.862. The zero-order valence-electron chi connectivity index (χ0n) is 10.9. The third kappa shape index (κ3) is 3.01. The van der Waals surface area contributed by atoms with Crippen LogP contribution in [0.15, 0.2) is 17.2 Å². The molecule has 0 aromatic carbocycles. The summed E-state index contributed by atoms with van der Waals surface area (Å²) in [6.45, 7) is 1.98. The van der Waals surface area contributed by atoms with Crippen LogP contribution in [-0.2, 0) is 22.4 Å². The van der Waals surface area contributed by atoms with Gasteiger partial charge in [-0.15, -0.1) is 22.9 Å². The first-order valence-corrected chi connectivity index (χ1v) is 8.83. The summed E-state index contributed by atoms with van der Waals surface area (Å²) >= 11 is 13.0. The van der Waals surface area contributed by atoms with Crippen LogP contribution >= 0.6 is 34.5 Å². The number of rotatable bonds is 5. The molecule has 0 spiro atoms. The van der Waals surface area contributed by atoms with Crippen LogP contribution in [0.25, 0.3) is 0 Å². The Morgan fingerprint density at radius 2 is 2.15 bits per heavy atom. The van der Waals surface area contributed by atoms with Crippen LogP contribution in [0.3, 0.4) is 0 Å². The highest BCUT2D eigenvalue weighted by molar-refractivity contribution is 7.89. The second-order valence-electron chi connectivity index (χ2n) is 4.23. The van der Waals surface area contributed by atoms with Gasteiger partial charge in [0, 0.05) is 29.7 Å². The number of hydrogen-bond donors (Lipinski definition) is 1. The molecule has 0 aliphatic heterocycles. The van der Waals surface area contributed by atoms with E-state index in [-0.39, 0.29) is 17.5 Å². The molecule has 0 radical (unpaired) electrons. The van der Waals surface area contributed by atoms with E-state index in [9.17, 15) is 8.42 Å². The summed E-state index contributed by atoms with van der Waals surface area (Å²) in [5.41, 5.74) is 1.16. The maximum absolute atomic E-state index is 12.5. The Balaban J connectivity index is 2.29. The summed E-state index contributed by atoms with van der Waals surface area (Å²) in [5.74, 6) is 0.0928. The lowest BCUT2D eigenvalue weighted by Gasteiger charge is -2.15. The maximum Gasteiger partial charge on any atom is 0.262 e. The quantitative estimate of drug-likeness (QED) is 0.840. The number of thiophene rings is 1. The van der Waals surface area contributed by atoms with Crippen LogP contribution in [0.2, 0.25) is 4.34 Å². The van der Waals surface area contributed by atoms with Crippen molar-refractivity contribution in [3.8, 4) is 0 Å². The topological polar surface area (TPSA) is 66.1 Å². The van der Waals surface area contributed by atoms with E-state index in [2.05, 4.69) is 10.2 Å². The van der Waals surface area contributed by atoms with E-state index in [0.29, 0.717) is 15.6 Å². The average molecular weight is 354 g/mol. The molecule has 2 aromatic rings. The number of aryl methyl sites for hydroxylation is 1. The lowest BCUT2D eigenvalue weighted by atomic mass is 10.3. The van der Waals surface area contributed by atoms with Crippen LogP contribution in [0.1, 0.15) is 16.1 Å². The Hall–Kier alpha value is -0.600. The van der Waals surface area contributed by atoms with Gasteiger partial charge in [0.05, 0.1) is 10.2 Å². The van der Waals surface area contributed by atoms with Crippen molar-refractivity contribution in [2.45, 2.75) is 24.4 Å². The molecule has 0 unspecified atom stereocenters. The lowest BCUT2D eigenvalue weighted by molar-refractivity contribution is 0.466. The molecule has 0 atom stereocenters. The van der Waals surface area contributed by atoms with Crippen molar-refractivity contribution in [3.05, 3.63) is 32.6 Å². The Morgan fingerprint density at radius 3 is 2.70 bits per heavy atom. The monoisotopic (exact) mass is 353 g/mol. The third-order valence-electron chi connectivity index (χ3n) is 2.83. The highest BCUT2D eigenvalue weighted by Crippen LogP contribution is 2.26. The maximum atomic E-state index is 12.5. The molecule has 0 saturated carbocycles. The fourth-order valence-corrected chi connectivity index (χ4v) is 4.62. The minimum Gasteiger partial charge on any atom is -0.281 e. The van der Waals surface area contributed by atoms with Crippen LogP contribution < -0.4 is 0 Å². The predicted octanol–water partition coefficient (Wildman–Crippen LogP) is 2.99. The number of sulfonamides is 1. The Labute approximate surface area is 131 Å². The van der Waals surface area contributed by atoms with E-state index >= 15 is 0 Å². The Kier molecular flexibility index (Phi) is 4.76. The van der Waals surface area contributed by atoms with Crippen molar-refractivity contribution >= 4 is 44.6 Å². The van der Waals surface area contributed by atoms with Gasteiger partial charge in [0.15, 0.2) is 5.03 Å². The van der Waals surface area contributed by atoms with E-state index in [1.807, 2.05) is 0 Å². The van der Waals surface area contributed by atoms with Gasteiger partial charge in [-0.2, -0.15) is 9.40 Å². The van der Waals surface area contributed by atoms with Gasteiger partial charge < -0.3 is 0 Å². The standard InChI is InChI=1S/C11H13Cl2N3O2S2/c1-7-9(5-12)11(15-14-7)20(17,18)16(2)6-8-3-4-10(13)19-8/h3-4H,5-6H2,1-2H3,(H,14,15). The highest BCUT2D eigenvalue weighted by Gasteiger charge is 2.28. The number of nitrogens with one attached hydrogen (secondary N) is 1. The van der Waals surface area contributed by atoms with Crippen molar-refractivity contribution < 1.29 is 8.42 Å². The lowest BCUT2D eigenvalue weighted by Crippen LogP contribution is -2.27. The van der Waals surface area contributed by atoms with E-state index < -0.39 is 10.0 Å². The van der Waals surface area contributed by atoms with Crippen molar-refractivity contribution in [2.75, 3.05) is 7.05 Å². The molecule has 2 aromatic heterocycles. The number of aromatic nitrogens is 2. The van der Waals surface area contributed by atoms with Gasteiger partial charge in [-0.1, -0.05) is 11.6 Å². The number of alkyl halides is 1. The number of H-pyrrole nitrogens is 1. The van der Waals surface area contributed by atoms with Gasteiger partial charge in [-0.3, -0.25) is 5.10 Å². The molecule has 20 heavy (non-hydrogen) atoms.